The average Bonchev–Trinajstić information content (AvgIpc) is 2.58. The summed E-state index contributed by atoms with van der Waals surface area (Å²) in [5.74, 6) is -0.463. The number of ether oxygens (including phenoxy) is 2. The zero-order valence-corrected chi connectivity index (χ0v) is 11.2. The van der Waals surface area contributed by atoms with Gasteiger partial charge in [0.1, 0.15) is 6.61 Å². The molecule has 0 aliphatic rings. The number of anilines is 1. The van der Waals surface area contributed by atoms with Gasteiger partial charge in [-0.25, -0.2) is 4.79 Å². The number of unbranched alkanes of at least 4 members (excludes halogenated alkanes) is 1. The van der Waals surface area contributed by atoms with Gasteiger partial charge in [0.15, 0.2) is 5.69 Å². The fourth-order valence-electron chi connectivity index (χ4n) is 1.53. The quantitative estimate of drug-likeness (QED) is 0.586. The molecule has 2 N–H and O–H groups in total. The van der Waals surface area contributed by atoms with Crippen LogP contribution < -0.4 is 5.73 Å². The Morgan fingerprint density at radius 2 is 2.11 bits per heavy atom. The van der Waals surface area contributed by atoms with Gasteiger partial charge in [0.25, 0.3) is 0 Å². The predicted molar refractivity (Wildman–Crippen MR) is 68.4 cm³/mol. The minimum absolute atomic E-state index is 0.228. The second-order valence-corrected chi connectivity index (χ2v) is 4.07. The molecule has 0 aliphatic heterocycles. The minimum Gasteiger partial charge on any atom is -0.458 e. The zero-order chi connectivity index (χ0) is 13.5. The van der Waals surface area contributed by atoms with Crippen LogP contribution in [0.4, 0.5) is 5.69 Å². The lowest BCUT2D eigenvalue weighted by Crippen LogP contribution is -2.15. The summed E-state index contributed by atoms with van der Waals surface area (Å²) in [4.78, 5) is 11.8. The standard InChI is InChI=1S/C12H21N3O3/c1-4-5-6-17-7-8-18-12(16)11-10(13)9(2)14-15(11)3/h4-8,13H2,1-3H3. The van der Waals surface area contributed by atoms with E-state index in [1.165, 1.54) is 4.68 Å². The van der Waals surface area contributed by atoms with Gasteiger partial charge in [0.2, 0.25) is 0 Å². The number of nitrogen functional groups attached to an aromatic ring is 1. The van der Waals surface area contributed by atoms with E-state index in [0.29, 0.717) is 30.3 Å². The third-order valence-corrected chi connectivity index (χ3v) is 2.56. The van der Waals surface area contributed by atoms with Crippen molar-refractivity contribution in [1.29, 1.82) is 0 Å². The van der Waals surface area contributed by atoms with Gasteiger partial charge in [-0.15, -0.1) is 0 Å². The Morgan fingerprint density at radius 3 is 2.67 bits per heavy atom. The van der Waals surface area contributed by atoms with Gasteiger partial charge < -0.3 is 15.2 Å². The highest BCUT2D eigenvalue weighted by molar-refractivity contribution is 5.93. The molecule has 0 fully saturated rings. The average molecular weight is 255 g/mol. The van der Waals surface area contributed by atoms with Gasteiger partial charge in [-0.3, -0.25) is 4.68 Å². The Balaban J connectivity index is 2.37. The number of hydrogen-bond acceptors (Lipinski definition) is 5. The van der Waals surface area contributed by atoms with Crippen LogP contribution in [0, 0.1) is 6.92 Å². The maximum atomic E-state index is 11.8. The Kier molecular flexibility index (Phi) is 5.64. The van der Waals surface area contributed by atoms with Crippen LogP contribution in [0.25, 0.3) is 0 Å². The topological polar surface area (TPSA) is 79.4 Å². The van der Waals surface area contributed by atoms with Gasteiger partial charge in [-0.2, -0.15) is 5.10 Å². The monoisotopic (exact) mass is 255 g/mol. The summed E-state index contributed by atoms with van der Waals surface area (Å²) in [7, 11) is 1.66. The van der Waals surface area contributed by atoms with Gasteiger partial charge in [0.05, 0.1) is 18.0 Å². The molecular formula is C12H21N3O3. The van der Waals surface area contributed by atoms with E-state index in [2.05, 4.69) is 12.0 Å². The van der Waals surface area contributed by atoms with Crippen molar-refractivity contribution in [2.75, 3.05) is 25.6 Å². The number of nitrogens with two attached hydrogens (primary N) is 1. The Bertz CT molecular complexity index is 402. The largest absolute Gasteiger partial charge is 0.458 e. The SMILES string of the molecule is CCCCOCCOC(=O)c1c(N)c(C)nn1C. The van der Waals surface area contributed by atoms with Crippen molar-refractivity contribution in [3.05, 3.63) is 11.4 Å². The number of hydrogen-bond donors (Lipinski definition) is 1. The molecule has 0 atom stereocenters. The van der Waals surface area contributed by atoms with Crippen molar-refractivity contribution in [3.63, 3.8) is 0 Å². The molecule has 0 unspecified atom stereocenters. The number of esters is 1. The predicted octanol–water partition coefficient (Wildman–Crippen LogP) is 1.28. The lowest BCUT2D eigenvalue weighted by molar-refractivity contribution is 0.0304. The molecule has 102 valence electrons. The van der Waals surface area contributed by atoms with Gasteiger partial charge in [-0.05, 0) is 13.3 Å². The Morgan fingerprint density at radius 1 is 1.39 bits per heavy atom. The van der Waals surface area contributed by atoms with E-state index in [4.69, 9.17) is 15.2 Å². The molecule has 0 radical (unpaired) electrons. The van der Waals surface area contributed by atoms with Crippen LogP contribution >= 0.6 is 0 Å². The Labute approximate surface area is 107 Å². The number of nitrogens with zero attached hydrogens (tertiary/aromatic N) is 2. The molecule has 0 aromatic carbocycles. The van der Waals surface area contributed by atoms with Crippen LogP contribution in [0.15, 0.2) is 0 Å². The molecule has 0 amide bonds. The smallest absolute Gasteiger partial charge is 0.358 e. The second kappa shape index (κ2) is 7.00. The van der Waals surface area contributed by atoms with Crippen LogP contribution in [0.5, 0.6) is 0 Å². The highest BCUT2D eigenvalue weighted by atomic mass is 16.6. The number of aromatic nitrogens is 2. The summed E-state index contributed by atoms with van der Waals surface area (Å²) >= 11 is 0. The zero-order valence-electron chi connectivity index (χ0n) is 11.2. The molecule has 0 spiro atoms. The first-order chi connectivity index (χ1) is 8.57. The van der Waals surface area contributed by atoms with Crippen molar-refractivity contribution in [1.82, 2.24) is 9.78 Å². The lowest BCUT2D eigenvalue weighted by atomic mass is 10.3. The first kappa shape index (κ1) is 14.5. The molecule has 0 saturated carbocycles. The molecule has 1 aromatic rings. The summed E-state index contributed by atoms with van der Waals surface area (Å²) in [6.45, 7) is 5.17. The van der Waals surface area contributed by atoms with Crippen LogP contribution in [-0.4, -0.2) is 35.6 Å². The molecule has 18 heavy (non-hydrogen) atoms. The van der Waals surface area contributed by atoms with E-state index in [-0.39, 0.29) is 6.61 Å². The maximum absolute atomic E-state index is 11.8. The highest BCUT2D eigenvalue weighted by Crippen LogP contribution is 2.15. The number of aryl methyl sites for hydroxylation is 2. The molecule has 0 bridgehead atoms. The van der Waals surface area contributed by atoms with E-state index >= 15 is 0 Å². The van der Waals surface area contributed by atoms with E-state index in [0.717, 1.165) is 12.8 Å². The fraction of sp³-hybridized carbons (Fsp3) is 0.667. The minimum atomic E-state index is -0.463. The van der Waals surface area contributed by atoms with Crippen molar-refractivity contribution in [2.24, 2.45) is 7.05 Å². The number of carbonyl (C=O) groups excluding carboxylic acids is 1. The van der Waals surface area contributed by atoms with E-state index in [1.807, 2.05) is 0 Å². The van der Waals surface area contributed by atoms with Gasteiger partial charge >= 0.3 is 5.97 Å². The maximum Gasteiger partial charge on any atom is 0.358 e. The summed E-state index contributed by atoms with van der Waals surface area (Å²) in [6, 6.07) is 0. The molecule has 1 heterocycles. The van der Waals surface area contributed by atoms with Crippen molar-refractivity contribution < 1.29 is 14.3 Å². The first-order valence-corrected chi connectivity index (χ1v) is 6.11. The fourth-order valence-corrected chi connectivity index (χ4v) is 1.53. The van der Waals surface area contributed by atoms with Gasteiger partial charge in [-0.1, -0.05) is 13.3 Å². The van der Waals surface area contributed by atoms with Gasteiger partial charge in [0, 0.05) is 13.7 Å². The lowest BCUT2D eigenvalue weighted by Gasteiger charge is -2.06. The molecule has 1 rings (SSSR count). The van der Waals surface area contributed by atoms with Crippen LogP contribution in [0.2, 0.25) is 0 Å². The third-order valence-electron chi connectivity index (χ3n) is 2.56. The first-order valence-electron chi connectivity index (χ1n) is 6.11. The molecule has 0 aliphatic carbocycles. The normalized spacial score (nSPS) is 10.6. The van der Waals surface area contributed by atoms with Crippen molar-refractivity contribution in [3.8, 4) is 0 Å². The summed E-state index contributed by atoms with van der Waals surface area (Å²) in [5, 5.41) is 4.06. The van der Waals surface area contributed by atoms with Crippen LogP contribution in [-0.2, 0) is 16.5 Å². The molecular weight excluding hydrogens is 234 g/mol. The van der Waals surface area contributed by atoms with Crippen molar-refractivity contribution >= 4 is 11.7 Å². The summed E-state index contributed by atoms with van der Waals surface area (Å²) in [6.07, 6.45) is 2.10. The van der Waals surface area contributed by atoms with Crippen molar-refractivity contribution in [2.45, 2.75) is 26.7 Å². The van der Waals surface area contributed by atoms with Crippen LogP contribution in [0.1, 0.15) is 35.9 Å². The number of rotatable bonds is 7. The van der Waals surface area contributed by atoms with E-state index in [1.54, 1.807) is 14.0 Å². The number of carbonyl (C=O) groups is 1. The molecule has 0 saturated heterocycles. The third kappa shape index (κ3) is 3.73. The van der Waals surface area contributed by atoms with E-state index in [9.17, 15) is 4.79 Å². The Hall–Kier alpha value is -1.56. The second-order valence-electron chi connectivity index (χ2n) is 4.07. The van der Waals surface area contributed by atoms with Crippen LogP contribution in [0.3, 0.4) is 0 Å². The summed E-state index contributed by atoms with van der Waals surface area (Å²) in [5.41, 5.74) is 7.05. The van der Waals surface area contributed by atoms with E-state index < -0.39 is 5.97 Å². The molecule has 6 heteroatoms. The molecule has 6 nitrogen and oxygen atoms in total. The summed E-state index contributed by atoms with van der Waals surface area (Å²) < 4.78 is 11.8. The molecule has 1 aromatic heterocycles. The highest BCUT2D eigenvalue weighted by Gasteiger charge is 2.18.